The topological polar surface area (TPSA) is 109 Å². The number of rotatable bonds is 5. The number of nitriles is 1. The van der Waals surface area contributed by atoms with Gasteiger partial charge in [-0.05, 0) is 48.9 Å². The first-order chi connectivity index (χ1) is 14.3. The molecule has 0 spiro atoms. The lowest BCUT2D eigenvalue weighted by molar-refractivity contribution is -0.384. The highest BCUT2D eigenvalue weighted by atomic mass is 35.5. The second-order valence-electron chi connectivity index (χ2n) is 6.23. The number of carbonyl (C=O) groups is 1. The third-order valence-corrected chi connectivity index (χ3v) is 4.81. The average molecular weight is 442 g/mol. The second-order valence-corrected chi connectivity index (χ2v) is 7.05. The number of anilines is 1. The molecule has 1 heterocycles. The number of nitro benzene ring substituents is 1. The molecule has 1 aromatic heterocycles. The standard InChI is InChI=1S/C21H13Cl2N3O4/c1-12-2-5-16(19(8-12)26(28)29)20-7-4-15(30-20)9-13(11-24)21(27)25-14-3-6-17(22)18(23)10-14/h2-10H,1H3,(H,25,27)/b13-9+. The van der Waals surface area contributed by atoms with Crippen molar-refractivity contribution in [1.29, 1.82) is 5.26 Å². The number of nitrogens with one attached hydrogen (secondary N) is 1. The van der Waals surface area contributed by atoms with Gasteiger partial charge in [-0.1, -0.05) is 29.3 Å². The Balaban J connectivity index is 1.87. The number of halogens is 2. The number of benzene rings is 2. The quantitative estimate of drug-likeness (QED) is 0.225. The highest BCUT2D eigenvalue weighted by molar-refractivity contribution is 6.42. The SMILES string of the molecule is Cc1ccc(-c2ccc(/C=C(\C#N)C(=O)Nc3ccc(Cl)c(Cl)c3)o2)c([N+](=O)[O-])c1. The Bertz CT molecular complexity index is 1230. The van der Waals surface area contributed by atoms with Crippen LogP contribution in [0.5, 0.6) is 0 Å². The third kappa shape index (κ3) is 4.69. The van der Waals surface area contributed by atoms with Crippen molar-refractivity contribution in [2.45, 2.75) is 6.92 Å². The molecule has 0 bridgehead atoms. The third-order valence-electron chi connectivity index (χ3n) is 4.07. The van der Waals surface area contributed by atoms with Crippen LogP contribution in [0.2, 0.25) is 10.0 Å². The number of aryl methyl sites for hydroxylation is 1. The van der Waals surface area contributed by atoms with Gasteiger partial charge < -0.3 is 9.73 Å². The Kier molecular flexibility index (Phi) is 6.21. The van der Waals surface area contributed by atoms with Crippen LogP contribution in [0.15, 0.2) is 58.5 Å². The van der Waals surface area contributed by atoms with Gasteiger partial charge in [0.15, 0.2) is 0 Å². The second kappa shape index (κ2) is 8.82. The van der Waals surface area contributed by atoms with E-state index in [0.717, 1.165) is 5.56 Å². The molecular weight excluding hydrogens is 429 g/mol. The first-order valence-electron chi connectivity index (χ1n) is 8.52. The molecule has 0 unspecified atom stereocenters. The molecule has 0 aliphatic heterocycles. The summed E-state index contributed by atoms with van der Waals surface area (Å²) in [6.07, 6.45) is 1.25. The minimum Gasteiger partial charge on any atom is -0.456 e. The minimum absolute atomic E-state index is 0.0993. The van der Waals surface area contributed by atoms with Crippen molar-refractivity contribution in [3.8, 4) is 17.4 Å². The molecule has 0 atom stereocenters. The van der Waals surface area contributed by atoms with Crippen molar-refractivity contribution in [2.24, 2.45) is 0 Å². The van der Waals surface area contributed by atoms with E-state index >= 15 is 0 Å². The number of nitrogens with zero attached hydrogens (tertiary/aromatic N) is 2. The number of nitro groups is 1. The van der Waals surface area contributed by atoms with Gasteiger partial charge in [-0.15, -0.1) is 0 Å². The summed E-state index contributed by atoms with van der Waals surface area (Å²) in [5, 5.41) is 23.8. The van der Waals surface area contributed by atoms with Gasteiger partial charge in [0, 0.05) is 17.8 Å². The Morgan fingerprint density at radius 2 is 1.93 bits per heavy atom. The number of hydrogen-bond donors (Lipinski definition) is 1. The molecule has 0 radical (unpaired) electrons. The smallest absolute Gasteiger partial charge is 0.280 e. The van der Waals surface area contributed by atoms with Crippen LogP contribution in [0.25, 0.3) is 17.4 Å². The van der Waals surface area contributed by atoms with Crippen LogP contribution in [0.1, 0.15) is 11.3 Å². The summed E-state index contributed by atoms with van der Waals surface area (Å²) < 4.78 is 5.62. The highest BCUT2D eigenvalue weighted by Gasteiger charge is 2.19. The Hall–Kier alpha value is -3.60. The molecule has 2 aromatic carbocycles. The molecule has 0 saturated carbocycles. The molecule has 3 rings (SSSR count). The Labute approximate surface area is 181 Å². The number of carbonyl (C=O) groups excluding carboxylic acids is 1. The van der Waals surface area contributed by atoms with Gasteiger partial charge in [0.05, 0.1) is 20.5 Å². The van der Waals surface area contributed by atoms with Crippen molar-refractivity contribution in [1.82, 2.24) is 0 Å². The van der Waals surface area contributed by atoms with E-state index in [9.17, 15) is 20.2 Å². The first-order valence-corrected chi connectivity index (χ1v) is 9.27. The van der Waals surface area contributed by atoms with E-state index < -0.39 is 10.8 Å². The molecule has 3 aromatic rings. The van der Waals surface area contributed by atoms with Crippen LogP contribution in [0, 0.1) is 28.4 Å². The van der Waals surface area contributed by atoms with Gasteiger partial charge >= 0.3 is 0 Å². The van der Waals surface area contributed by atoms with E-state index in [-0.39, 0.29) is 27.8 Å². The van der Waals surface area contributed by atoms with E-state index in [1.54, 1.807) is 31.2 Å². The maximum atomic E-state index is 12.4. The number of furan rings is 1. The summed E-state index contributed by atoms with van der Waals surface area (Å²) in [5.41, 5.74) is 1.08. The lowest BCUT2D eigenvalue weighted by Gasteiger charge is -2.05. The van der Waals surface area contributed by atoms with Gasteiger partial charge in [0.25, 0.3) is 11.6 Å². The molecule has 0 aliphatic carbocycles. The Morgan fingerprint density at radius 3 is 2.60 bits per heavy atom. The van der Waals surface area contributed by atoms with Crippen molar-refractivity contribution in [2.75, 3.05) is 5.32 Å². The summed E-state index contributed by atoms with van der Waals surface area (Å²) >= 11 is 11.8. The van der Waals surface area contributed by atoms with Crippen molar-refractivity contribution >= 4 is 46.6 Å². The number of amides is 1. The summed E-state index contributed by atoms with van der Waals surface area (Å²) in [5.74, 6) is -0.231. The van der Waals surface area contributed by atoms with E-state index in [1.807, 2.05) is 0 Å². The molecule has 0 fully saturated rings. The summed E-state index contributed by atoms with van der Waals surface area (Å²) in [6.45, 7) is 1.75. The van der Waals surface area contributed by atoms with Crippen molar-refractivity contribution in [3.63, 3.8) is 0 Å². The molecule has 0 aliphatic rings. The van der Waals surface area contributed by atoms with Crippen LogP contribution in [-0.4, -0.2) is 10.8 Å². The average Bonchev–Trinajstić information content (AvgIpc) is 3.17. The summed E-state index contributed by atoms with van der Waals surface area (Å²) in [7, 11) is 0. The predicted molar refractivity (Wildman–Crippen MR) is 114 cm³/mol. The van der Waals surface area contributed by atoms with Gasteiger partial charge in [-0.25, -0.2) is 0 Å². The summed E-state index contributed by atoms with van der Waals surface area (Å²) in [4.78, 5) is 23.2. The maximum absolute atomic E-state index is 12.4. The lowest BCUT2D eigenvalue weighted by atomic mass is 10.1. The van der Waals surface area contributed by atoms with E-state index in [4.69, 9.17) is 27.6 Å². The van der Waals surface area contributed by atoms with Gasteiger partial charge in [-0.2, -0.15) is 5.26 Å². The molecule has 30 heavy (non-hydrogen) atoms. The van der Waals surface area contributed by atoms with Gasteiger partial charge in [-0.3, -0.25) is 14.9 Å². The lowest BCUT2D eigenvalue weighted by Crippen LogP contribution is -2.13. The zero-order valence-corrected chi connectivity index (χ0v) is 17.0. The fraction of sp³-hybridized carbons (Fsp3) is 0.0476. The van der Waals surface area contributed by atoms with Crippen LogP contribution in [0.3, 0.4) is 0 Å². The predicted octanol–water partition coefficient (Wildman–Crippen LogP) is 6.02. The molecular formula is C21H13Cl2N3O4. The minimum atomic E-state index is -0.671. The van der Waals surface area contributed by atoms with Crippen molar-refractivity contribution < 1.29 is 14.1 Å². The molecule has 1 amide bonds. The molecule has 9 heteroatoms. The highest BCUT2D eigenvalue weighted by Crippen LogP contribution is 2.32. The first kappa shape index (κ1) is 21.1. The zero-order valence-electron chi connectivity index (χ0n) is 15.5. The molecule has 0 saturated heterocycles. The summed E-state index contributed by atoms with van der Waals surface area (Å²) in [6, 6.07) is 14.1. The fourth-order valence-electron chi connectivity index (χ4n) is 2.64. The van der Waals surface area contributed by atoms with E-state index in [2.05, 4.69) is 5.32 Å². The monoisotopic (exact) mass is 441 g/mol. The largest absolute Gasteiger partial charge is 0.456 e. The molecule has 7 nitrogen and oxygen atoms in total. The van der Waals surface area contributed by atoms with Crippen LogP contribution >= 0.6 is 23.2 Å². The zero-order chi connectivity index (χ0) is 21.8. The van der Waals surface area contributed by atoms with Crippen LogP contribution in [0.4, 0.5) is 11.4 Å². The van der Waals surface area contributed by atoms with Crippen molar-refractivity contribution in [3.05, 3.63) is 85.6 Å². The maximum Gasteiger partial charge on any atom is 0.280 e. The van der Waals surface area contributed by atoms with Gasteiger partial charge in [0.2, 0.25) is 0 Å². The van der Waals surface area contributed by atoms with E-state index in [0.29, 0.717) is 16.3 Å². The van der Waals surface area contributed by atoms with Gasteiger partial charge in [0.1, 0.15) is 23.2 Å². The molecule has 150 valence electrons. The fourth-order valence-corrected chi connectivity index (χ4v) is 2.94. The normalized spacial score (nSPS) is 11.1. The number of hydrogen-bond acceptors (Lipinski definition) is 5. The van der Waals surface area contributed by atoms with Crippen LogP contribution < -0.4 is 5.32 Å². The van der Waals surface area contributed by atoms with Crippen LogP contribution in [-0.2, 0) is 4.79 Å². The Morgan fingerprint density at radius 1 is 1.17 bits per heavy atom. The molecule has 1 N–H and O–H groups in total. The van der Waals surface area contributed by atoms with E-state index in [1.165, 1.54) is 36.4 Å².